The summed E-state index contributed by atoms with van der Waals surface area (Å²) < 4.78 is 23.3. The molecule has 0 bridgehead atoms. The standard InChI is InChI=1S/C17H12FNO4/c1-22-16(20)13-5-2-11(3-6-13)10-23-17(21)14-7-4-12(9-19)8-15(14)18/h2-8H,10H2,1H3. The summed E-state index contributed by atoms with van der Waals surface area (Å²) in [6.07, 6.45) is 0. The fraction of sp³-hybridized carbons (Fsp3) is 0.118. The smallest absolute Gasteiger partial charge is 0.341 e. The number of halogens is 1. The van der Waals surface area contributed by atoms with Gasteiger partial charge in [-0.05, 0) is 35.9 Å². The van der Waals surface area contributed by atoms with E-state index in [2.05, 4.69) is 4.74 Å². The summed E-state index contributed by atoms with van der Waals surface area (Å²) in [5, 5.41) is 8.66. The van der Waals surface area contributed by atoms with Gasteiger partial charge in [-0.2, -0.15) is 5.26 Å². The van der Waals surface area contributed by atoms with Crippen molar-refractivity contribution in [2.24, 2.45) is 0 Å². The molecule has 0 fully saturated rings. The van der Waals surface area contributed by atoms with Crippen molar-refractivity contribution in [2.45, 2.75) is 6.61 Å². The molecule has 0 saturated carbocycles. The second kappa shape index (κ2) is 7.18. The molecule has 0 N–H and O–H groups in total. The minimum Gasteiger partial charge on any atom is -0.465 e. The van der Waals surface area contributed by atoms with E-state index in [-0.39, 0.29) is 17.7 Å². The topological polar surface area (TPSA) is 76.4 Å². The van der Waals surface area contributed by atoms with Crippen LogP contribution in [0.4, 0.5) is 4.39 Å². The van der Waals surface area contributed by atoms with Crippen LogP contribution in [0.5, 0.6) is 0 Å². The van der Waals surface area contributed by atoms with Gasteiger partial charge in [0, 0.05) is 0 Å². The average molecular weight is 313 g/mol. The fourth-order valence-electron chi connectivity index (χ4n) is 1.83. The van der Waals surface area contributed by atoms with Crippen molar-refractivity contribution in [2.75, 3.05) is 7.11 Å². The lowest BCUT2D eigenvalue weighted by molar-refractivity contribution is 0.0466. The van der Waals surface area contributed by atoms with Gasteiger partial charge in [-0.1, -0.05) is 12.1 Å². The molecule has 0 aromatic heterocycles. The van der Waals surface area contributed by atoms with Crippen LogP contribution < -0.4 is 0 Å². The van der Waals surface area contributed by atoms with Crippen molar-refractivity contribution in [1.82, 2.24) is 0 Å². The Hall–Kier alpha value is -3.20. The number of nitriles is 1. The van der Waals surface area contributed by atoms with Gasteiger partial charge in [0.2, 0.25) is 0 Å². The zero-order valence-corrected chi connectivity index (χ0v) is 12.2. The number of ether oxygens (including phenoxy) is 2. The number of methoxy groups -OCH3 is 1. The number of esters is 2. The molecular weight excluding hydrogens is 301 g/mol. The van der Waals surface area contributed by atoms with Crippen LogP contribution in [0.15, 0.2) is 42.5 Å². The van der Waals surface area contributed by atoms with Crippen LogP contribution in [0.3, 0.4) is 0 Å². The molecule has 0 aliphatic carbocycles. The second-order valence-electron chi connectivity index (χ2n) is 4.57. The summed E-state index contributed by atoms with van der Waals surface area (Å²) in [5.74, 6) is -2.10. The van der Waals surface area contributed by atoms with Gasteiger partial charge in [0.05, 0.1) is 29.9 Å². The maximum atomic E-state index is 13.7. The Morgan fingerprint density at radius 1 is 1.13 bits per heavy atom. The molecule has 0 amide bonds. The zero-order valence-electron chi connectivity index (χ0n) is 12.2. The van der Waals surface area contributed by atoms with Crippen LogP contribution in [-0.2, 0) is 16.1 Å². The third kappa shape index (κ3) is 3.92. The van der Waals surface area contributed by atoms with Gasteiger partial charge in [0.1, 0.15) is 12.4 Å². The van der Waals surface area contributed by atoms with Crippen molar-refractivity contribution in [3.05, 3.63) is 70.5 Å². The lowest BCUT2D eigenvalue weighted by Crippen LogP contribution is -2.08. The predicted molar refractivity (Wildman–Crippen MR) is 78.0 cm³/mol. The summed E-state index contributed by atoms with van der Waals surface area (Å²) in [4.78, 5) is 23.1. The summed E-state index contributed by atoms with van der Waals surface area (Å²) in [6.45, 7) is -0.0697. The SMILES string of the molecule is COC(=O)c1ccc(COC(=O)c2ccc(C#N)cc2F)cc1. The van der Waals surface area contributed by atoms with Crippen molar-refractivity contribution in [1.29, 1.82) is 5.26 Å². The highest BCUT2D eigenvalue weighted by molar-refractivity contribution is 5.90. The molecule has 116 valence electrons. The van der Waals surface area contributed by atoms with E-state index in [9.17, 15) is 14.0 Å². The first-order valence-electron chi connectivity index (χ1n) is 6.59. The number of nitrogens with zero attached hydrogens (tertiary/aromatic N) is 1. The third-order valence-corrected chi connectivity index (χ3v) is 3.06. The number of rotatable bonds is 4. The van der Waals surface area contributed by atoms with Gasteiger partial charge < -0.3 is 9.47 Å². The molecule has 0 aliphatic rings. The van der Waals surface area contributed by atoms with Crippen LogP contribution in [0.25, 0.3) is 0 Å². The number of carbonyl (C=O) groups is 2. The van der Waals surface area contributed by atoms with Gasteiger partial charge in [-0.15, -0.1) is 0 Å². The highest BCUT2D eigenvalue weighted by Crippen LogP contribution is 2.13. The lowest BCUT2D eigenvalue weighted by atomic mass is 10.1. The molecule has 2 rings (SSSR count). The van der Waals surface area contributed by atoms with Crippen molar-refractivity contribution in [3.63, 3.8) is 0 Å². The van der Waals surface area contributed by atoms with Gasteiger partial charge in [-0.25, -0.2) is 14.0 Å². The Bertz CT molecular complexity index is 778. The number of hydrogen-bond donors (Lipinski definition) is 0. The number of hydrogen-bond acceptors (Lipinski definition) is 5. The molecule has 0 aliphatic heterocycles. The Balaban J connectivity index is 2.02. The molecule has 0 heterocycles. The maximum Gasteiger partial charge on any atom is 0.341 e. The maximum absolute atomic E-state index is 13.7. The fourth-order valence-corrected chi connectivity index (χ4v) is 1.83. The van der Waals surface area contributed by atoms with Gasteiger partial charge in [0.25, 0.3) is 0 Å². The number of carbonyl (C=O) groups excluding carboxylic acids is 2. The summed E-state index contributed by atoms with van der Waals surface area (Å²) >= 11 is 0. The first-order chi connectivity index (χ1) is 11.0. The van der Waals surface area contributed by atoms with Crippen molar-refractivity contribution in [3.8, 4) is 6.07 Å². The summed E-state index contributed by atoms with van der Waals surface area (Å²) in [7, 11) is 1.28. The van der Waals surface area contributed by atoms with Crippen LogP contribution >= 0.6 is 0 Å². The second-order valence-corrected chi connectivity index (χ2v) is 4.57. The molecule has 2 aromatic carbocycles. The Labute approximate surface area is 131 Å². The van der Waals surface area contributed by atoms with E-state index in [1.807, 2.05) is 0 Å². The summed E-state index contributed by atoms with van der Waals surface area (Å²) in [5.41, 5.74) is 0.897. The highest BCUT2D eigenvalue weighted by atomic mass is 19.1. The van der Waals surface area contributed by atoms with Crippen LogP contribution in [0.1, 0.15) is 31.8 Å². The minimum absolute atomic E-state index is 0.0697. The predicted octanol–water partition coefficient (Wildman–Crippen LogP) is 2.84. The lowest BCUT2D eigenvalue weighted by Gasteiger charge is -2.06. The van der Waals surface area contributed by atoms with E-state index >= 15 is 0 Å². The highest BCUT2D eigenvalue weighted by Gasteiger charge is 2.14. The molecule has 0 saturated heterocycles. The van der Waals surface area contributed by atoms with Crippen LogP contribution in [-0.4, -0.2) is 19.0 Å². The van der Waals surface area contributed by atoms with E-state index in [1.165, 1.54) is 31.4 Å². The Kier molecular flexibility index (Phi) is 5.05. The van der Waals surface area contributed by atoms with E-state index in [0.29, 0.717) is 11.1 Å². The molecule has 0 atom stereocenters. The molecule has 0 radical (unpaired) electrons. The minimum atomic E-state index is -0.830. The van der Waals surface area contributed by atoms with Crippen LogP contribution in [0, 0.1) is 17.1 Å². The van der Waals surface area contributed by atoms with E-state index in [0.717, 1.165) is 6.07 Å². The van der Waals surface area contributed by atoms with Crippen molar-refractivity contribution >= 4 is 11.9 Å². The third-order valence-electron chi connectivity index (χ3n) is 3.06. The van der Waals surface area contributed by atoms with E-state index in [1.54, 1.807) is 18.2 Å². The first kappa shape index (κ1) is 16.2. The van der Waals surface area contributed by atoms with Gasteiger partial charge in [-0.3, -0.25) is 0 Å². The molecule has 23 heavy (non-hydrogen) atoms. The molecular formula is C17H12FNO4. The quantitative estimate of drug-likeness (QED) is 0.811. The largest absolute Gasteiger partial charge is 0.465 e. The Morgan fingerprint density at radius 3 is 2.39 bits per heavy atom. The van der Waals surface area contributed by atoms with Gasteiger partial charge >= 0.3 is 11.9 Å². The Morgan fingerprint density at radius 2 is 1.83 bits per heavy atom. The zero-order chi connectivity index (χ0) is 16.8. The molecule has 0 spiro atoms. The first-order valence-corrected chi connectivity index (χ1v) is 6.59. The van der Waals surface area contributed by atoms with E-state index < -0.39 is 17.8 Å². The van der Waals surface area contributed by atoms with E-state index in [4.69, 9.17) is 10.00 Å². The number of benzene rings is 2. The van der Waals surface area contributed by atoms with Gasteiger partial charge in [0.15, 0.2) is 0 Å². The normalized spacial score (nSPS) is 9.78. The molecule has 0 unspecified atom stereocenters. The molecule has 2 aromatic rings. The summed E-state index contributed by atoms with van der Waals surface area (Å²) in [6, 6.07) is 11.6. The molecule has 6 heteroatoms. The average Bonchev–Trinajstić information content (AvgIpc) is 2.59. The molecule has 5 nitrogen and oxygen atoms in total. The monoisotopic (exact) mass is 313 g/mol. The van der Waals surface area contributed by atoms with Crippen LogP contribution in [0.2, 0.25) is 0 Å². The van der Waals surface area contributed by atoms with Crippen molar-refractivity contribution < 1.29 is 23.5 Å².